The molecule has 0 aliphatic heterocycles. The molecule has 1 aromatic heterocycles. The Kier molecular flexibility index (Phi) is 7.04. The van der Waals surface area contributed by atoms with Crippen LogP contribution in [0.4, 0.5) is 14.5 Å². The molecule has 3 rings (SSSR count). The number of hydrogen-bond donors (Lipinski definition) is 3. The fourth-order valence-electron chi connectivity index (χ4n) is 2.70. The van der Waals surface area contributed by atoms with E-state index in [9.17, 15) is 18.4 Å². The van der Waals surface area contributed by atoms with Gasteiger partial charge in [-0.15, -0.1) is 11.3 Å². The molecule has 0 saturated heterocycles. The highest BCUT2D eigenvalue weighted by atomic mass is 32.1. The largest absolute Gasteiger partial charge is 0.346 e. The second kappa shape index (κ2) is 9.90. The van der Waals surface area contributed by atoms with Crippen molar-refractivity contribution in [3.05, 3.63) is 88.1 Å². The number of anilines is 1. The van der Waals surface area contributed by atoms with Crippen LogP contribution < -0.4 is 16.0 Å². The Morgan fingerprint density at radius 1 is 0.897 bits per heavy atom. The number of amides is 2. The summed E-state index contributed by atoms with van der Waals surface area (Å²) in [7, 11) is 0. The third kappa shape index (κ3) is 5.94. The van der Waals surface area contributed by atoms with E-state index in [4.69, 9.17) is 0 Å². The third-order valence-electron chi connectivity index (χ3n) is 4.08. The maximum absolute atomic E-state index is 13.2. The predicted molar refractivity (Wildman–Crippen MR) is 109 cm³/mol. The maximum Gasteiger partial charge on any atom is 0.243 e. The maximum atomic E-state index is 13.2. The lowest BCUT2D eigenvalue weighted by molar-refractivity contribution is -0.123. The Labute approximate surface area is 170 Å². The van der Waals surface area contributed by atoms with Crippen molar-refractivity contribution < 1.29 is 18.4 Å². The highest BCUT2D eigenvalue weighted by molar-refractivity contribution is 7.10. The summed E-state index contributed by atoms with van der Waals surface area (Å²) in [6.45, 7) is -0.273. The standard InChI is InChI=1S/C21H19F2N3O2S/c22-16-9-8-15(11-17(16)23)26-20(28)13-24-19(27)12-25-21(18-7-4-10-29-18)14-5-2-1-3-6-14/h1-11,21,25H,12-13H2,(H,24,27)(H,26,28)/t21-/m1/s1. The Morgan fingerprint density at radius 3 is 2.38 bits per heavy atom. The minimum atomic E-state index is -1.06. The van der Waals surface area contributed by atoms with E-state index in [2.05, 4.69) is 16.0 Å². The highest BCUT2D eigenvalue weighted by Gasteiger charge is 2.16. The molecule has 29 heavy (non-hydrogen) atoms. The molecule has 0 fully saturated rings. The molecule has 2 amide bonds. The van der Waals surface area contributed by atoms with Gasteiger partial charge in [-0.1, -0.05) is 36.4 Å². The number of benzene rings is 2. The van der Waals surface area contributed by atoms with Crippen LogP contribution in [0.15, 0.2) is 66.0 Å². The monoisotopic (exact) mass is 415 g/mol. The molecule has 0 bridgehead atoms. The van der Waals surface area contributed by atoms with Crippen molar-refractivity contribution in [2.45, 2.75) is 6.04 Å². The van der Waals surface area contributed by atoms with Crippen LogP contribution in [0, 0.1) is 11.6 Å². The summed E-state index contributed by atoms with van der Waals surface area (Å²) in [5.74, 6) is -2.96. The van der Waals surface area contributed by atoms with Crippen LogP contribution in [0.3, 0.4) is 0 Å². The van der Waals surface area contributed by atoms with Crippen LogP contribution in [0.25, 0.3) is 0 Å². The number of carbonyl (C=O) groups excluding carboxylic acids is 2. The summed E-state index contributed by atoms with van der Waals surface area (Å²) in [5.41, 5.74) is 1.14. The first-order valence-corrected chi connectivity index (χ1v) is 9.74. The van der Waals surface area contributed by atoms with Gasteiger partial charge in [0.05, 0.1) is 19.1 Å². The lowest BCUT2D eigenvalue weighted by Gasteiger charge is -2.18. The van der Waals surface area contributed by atoms with Crippen LogP contribution in [0.1, 0.15) is 16.5 Å². The lowest BCUT2D eigenvalue weighted by Crippen LogP contribution is -2.39. The fourth-order valence-corrected chi connectivity index (χ4v) is 3.53. The Morgan fingerprint density at radius 2 is 1.69 bits per heavy atom. The van der Waals surface area contributed by atoms with Crippen molar-refractivity contribution in [2.75, 3.05) is 18.4 Å². The molecule has 3 aromatic rings. The number of hydrogen-bond acceptors (Lipinski definition) is 4. The fraction of sp³-hybridized carbons (Fsp3) is 0.143. The lowest BCUT2D eigenvalue weighted by atomic mass is 10.1. The SMILES string of the molecule is O=C(CN[C@H](c1ccccc1)c1cccs1)NCC(=O)Nc1ccc(F)c(F)c1. The Hall–Kier alpha value is -3.10. The van der Waals surface area contributed by atoms with Gasteiger partial charge in [-0.25, -0.2) is 8.78 Å². The van der Waals surface area contributed by atoms with Crippen molar-refractivity contribution in [1.82, 2.24) is 10.6 Å². The molecule has 0 aliphatic carbocycles. The van der Waals surface area contributed by atoms with Gasteiger partial charge in [0.25, 0.3) is 0 Å². The van der Waals surface area contributed by atoms with E-state index in [-0.39, 0.29) is 30.7 Å². The first-order chi connectivity index (χ1) is 14.0. The molecule has 0 aliphatic rings. The summed E-state index contributed by atoms with van der Waals surface area (Å²) in [6.07, 6.45) is 0. The minimum Gasteiger partial charge on any atom is -0.346 e. The van der Waals surface area contributed by atoms with Gasteiger partial charge in [0.2, 0.25) is 11.8 Å². The number of thiophene rings is 1. The summed E-state index contributed by atoms with van der Waals surface area (Å²) < 4.78 is 26.1. The summed E-state index contributed by atoms with van der Waals surface area (Å²) in [4.78, 5) is 25.1. The van der Waals surface area contributed by atoms with Crippen molar-refractivity contribution in [3.63, 3.8) is 0 Å². The van der Waals surface area contributed by atoms with E-state index in [1.54, 1.807) is 11.3 Å². The second-order valence-electron chi connectivity index (χ2n) is 6.19. The van der Waals surface area contributed by atoms with Gasteiger partial charge in [-0.3, -0.25) is 14.9 Å². The van der Waals surface area contributed by atoms with E-state index in [0.29, 0.717) is 0 Å². The zero-order valence-corrected chi connectivity index (χ0v) is 16.1. The minimum absolute atomic E-state index is 0.00984. The van der Waals surface area contributed by atoms with Crippen LogP contribution in [0.2, 0.25) is 0 Å². The molecule has 8 heteroatoms. The average Bonchev–Trinajstić information content (AvgIpc) is 3.25. The molecule has 3 N–H and O–H groups in total. The zero-order chi connectivity index (χ0) is 20.6. The van der Waals surface area contributed by atoms with Gasteiger partial charge in [0, 0.05) is 16.6 Å². The van der Waals surface area contributed by atoms with Crippen molar-refractivity contribution in [1.29, 1.82) is 0 Å². The van der Waals surface area contributed by atoms with Gasteiger partial charge in [0.1, 0.15) is 0 Å². The molecule has 2 aromatic carbocycles. The molecule has 0 saturated carbocycles. The van der Waals surface area contributed by atoms with Gasteiger partial charge in [-0.05, 0) is 29.1 Å². The molecule has 0 unspecified atom stereocenters. The summed E-state index contributed by atoms with van der Waals surface area (Å²) >= 11 is 1.58. The quantitative estimate of drug-likeness (QED) is 0.528. The third-order valence-corrected chi connectivity index (χ3v) is 5.01. The van der Waals surface area contributed by atoms with Gasteiger partial charge >= 0.3 is 0 Å². The molecule has 150 valence electrons. The molecule has 5 nitrogen and oxygen atoms in total. The zero-order valence-electron chi connectivity index (χ0n) is 15.3. The predicted octanol–water partition coefficient (Wildman–Crippen LogP) is 3.46. The van der Waals surface area contributed by atoms with Gasteiger partial charge in [0.15, 0.2) is 11.6 Å². The van der Waals surface area contributed by atoms with E-state index in [1.165, 1.54) is 6.07 Å². The molecular formula is C21H19F2N3O2S. The first kappa shape index (κ1) is 20.6. The molecular weight excluding hydrogens is 396 g/mol. The van der Waals surface area contributed by atoms with Gasteiger partial charge in [-0.2, -0.15) is 0 Å². The molecule has 0 radical (unpaired) electrons. The normalized spacial score (nSPS) is 11.7. The topological polar surface area (TPSA) is 70.2 Å². The van der Waals surface area contributed by atoms with Crippen LogP contribution >= 0.6 is 11.3 Å². The van der Waals surface area contributed by atoms with E-state index >= 15 is 0 Å². The van der Waals surface area contributed by atoms with Crippen molar-refractivity contribution >= 4 is 28.8 Å². The molecule has 1 atom stereocenters. The van der Waals surface area contributed by atoms with Crippen LogP contribution in [-0.4, -0.2) is 24.9 Å². The van der Waals surface area contributed by atoms with E-state index in [1.807, 2.05) is 47.8 Å². The summed E-state index contributed by atoms with van der Waals surface area (Å²) in [6, 6.07) is 16.6. The smallest absolute Gasteiger partial charge is 0.243 e. The molecule has 1 heterocycles. The van der Waals surface area contributed by atoms with Crippen molar-refractivity contribution in [2.24, 2.45) is 0 Å². The Bertz CT molecular complexity index is 965. The Balaban J connectivity index is 1.50. The highest BCUT2D eigenvalue weighted by Crippen LogP contribution is 2.25. The second-order valence-corrected chi connectivity index (χ2v) is 7.17. The molecule has 0 spiro atoms. The van der Waals surface area contributed by atoms with Crippen LogP contribution in [0.5, 0.6) is 0 Å². The number of rotatable bonds is 8. The number of carbonyl (C=O) groups is 2. The van der Waals surface area contributed by atoms with Gasteiger partial charge < -0.3 is 10.6 Å². The summed E-state index contributed by atoms with van der Waals surface area (Å²) in [5, 5.41) is 10.1. The number of nitrogens with one attached hydrogen (secondary N) is 3. The van der Waals surface area contributed by atoms with Crippen LogP contribution in [-0.2, 0) is 9.59 Å². The van der Waals surface area contributed by atoms with Crippen molar-refractivity contribution in [3.8, 4) is 0 Å². The van der Waals surface area contributed by atoms with E-state index in [0.717, 1.165) is 22.6 Å². The number of halogens is 2. The average molecular weight is 415 g/mol. The van der Waals surface area contributed by atoms with E-state index < -0.39 is 17.5 Å². The first-order valence-electron chi connectivity index (χ1n) is 8.86.